The lowest BCUT2D eigenvalue weighted by Gasteiger charge is -2.15. The van der Waals surface area contributed by atoms with Gasteiger partial charge in [-0.15, -0.1) is 0 Å². The minimum atomic E-state index is -0.0349. The lowest BCUT2D eigenvalue weighted by Crippen LogP contribution is -2.28. The van der Waals surface area contributed by atoms with Gasteiger partial charge in [0, 0.05) is 0 Å². The molecule has 28 heavy (non-hydrogen) atoms. The Balaban J connectivity index is 1.44. The summed E-state index contributed by atoms with van der Waals surface area (Å²) in [6.45, 7) is 2.03. The second-order valence-corrected chi connectivity index (χ2v) is 7.09. The van der Waals surface area contributed by atoms with Crippen molar-refractivity contribution in [1.29, 1.82) is 0 Å². The molecule has 0 aliphatic rings. The molecule has 1 N–H and O–H groups in total. The van der Waals surface area contributed by atoms with Crippen molar-refractivity contribution in [3.05, 3.63) is 108 Å². The van der Waals surface area contributed by atoms with Gasteiger partial charge in [-0.2, -0.15) is 0 Å². The molecule has 1 atom stereocenters. The molecular weight excluding hydrogens is 342 g/mol. The minimum absolute atomic E-state index is 0.0349. The van der Waals surface area contributed by atoms with E-state index in [0.29, 0.717) is 6.42 Å². The van der Waals surface area contributed by atoms with Crippen molar-refractivity contribution in [2.75, 3.05) is 0 Å². The summed E-state index contributed by atoms with van der Waals surface area (Å²) < 4.78 is 0. The van der Waals surface area contributed by atoms with Gasteiger partial charge in [0.15, 0.2) is 0 Å². The van der Waals surface area contributed by atoms with Crippen molar-refractivity contribution in [3.8, 4) is 11.1 Å². The minimum Gasteiger partial charge on any atom is -0.349 e. The van der Waals surface area contributed by atoms with E-state index in [-0.39, 0.29) is 11.9 Å². The molecule has 0 heterocycles. The molecule has 4 aromatic carbocycles. The lowest BCUT2D eigenvalue weighted by atomic mass is 10.0. The molecule has 0 spiro atoms. The predicted octanol–water partition coefficient (Wildman–Crippen LogP) is 5.93. The zero-order chi connectivity index (χ0) is 19.3. The molecule has 1 amide bonds. The van der Waals surface area contributed by atoms with E-state index in [2.05, 4.69) is 59.9 Å². The molecular formula is C26H23NO. The Hall–Kier alpha value is -3.39. The summed E-state index contributed by atoms with van der Waals surface area (Å²) in [5.41, 5.74) is 4.54. The van der Waals surface area contributed by atoms with E-state index < -0.39 is 0 Å². The molecule has 0 saturated heterocycles. The first-order valence-electron chi connectivity index (χ1n) is 9.62. The second kappa shape index (κ2) is 8.10. The van der Waals surface area contributed by atoms with E-state index >= 15 is 0 Å². The Kier molecular flexibility index (Phi) is 5.20. The third-order valence-electron chi connectivity index (χ3n) is 5.13. The van der Waals surface area contributed by atoms with E-state index in [9.17, 15) is 4.79 Å². The third kappa shape index (κ3) is 3.96. The Morgan fingerprint density at radius 3 is 2.18 bits per heavy atom. The largest absolute Gasteiger partial charge is 0.349 e. The molecule has 0 unspecified atom stereocenters. The first kappa shape index (κ1) is 18.0. The number of amides is 1. The highest BCUT2D eigenvalue weighted by molar-refractivity contribution is 5.90. The van der Waals surface area contributed by atoms with Crippen molar-refractivity contribution in [2.45, 2.75) is 19.4 Å². The molecule has 138 valence electrons. The Morgan fingerprint density at radius 2 is 1.39 bits per heavy atom. The number of carbonyl (C=O) groups is 1. The van der Waals surface area contributed by atoms with Crippen molar-refractivity contribution >= 4 is 16.7 Å². The van der Waals surface area contributed by atoms with Gasteiger partial charge in [-0.3, -0.25) is 4.79 Å². The molecule has 4 rings (SSSR count). The average Bonchev–Trinajstić information content (AvgIpc) is 2.75. The topological polar surface area (TPSA) is 29.1 Å². The summed E-state index contributed by atoms with van der Waals surface area (Å²) in [5, 5.41) is 5.43. The zero-order valence-electron chi connectivity index (χ0n) is 15.9. The van der Waals surface area contributed by atoms with Crippen molar-refractivity contribution in [2.24, 2.45) is 0 Å². The quantitative estimate of drug-likeness (QED) is 0.467. The fourth-order valence-corrected chi connectivity index (χ4v) is 3.59. The number of rotatable bonds is 5. The number of benzene rings is 4. The van der Waals surface area contributed by atoms with E-state index in [1.165, 1.54) is 11.1 Å². The maximum atomic E-state index is 12.6. The van der Waals surface area contributed by atoms with Crippen LogP contribution >= 0.6 is 0 Å². The normalized spacial score (nSPS) is 11.9. The lowest BCUT2D eigenvalue weighted by molar-refractivity contribution is -0.121. The number of hydrogen-bond donors (Lipinski definition) is 1. The Morgan fingerprint density at radius 1 is 0.750 bits per heavy atom. The third-order valence-corrected chi connectivity index (χ3v) is 5.13. The van der Waals surface area contributed by atoms with E-state index in [4.69, 9.17) is 0 Å². The summed E-state index contributed by atoms with van der Waals surface area (Å²) in [6.07, 6.45) is 0.383. The molecule has 0 fully saturated rings. The van der Waals surface area contributed by atoms with Crippen LogP contribution in [0.2, 0.25) is 0 Å². The van der Waals surface area contributed by atoms with E-state index in [1.54, 1.807) is 0 Å². The summed E-state index contributed by atoms with van der Waals surface area (Å²) in [5.74, 6) is 0.0380. The van der Waals surface area contributed by atoms with Gasteiger partial charge < -0.3 is 5.32 Å². The van der Waals surface area contributed by atoms with Gasteiger partial charge >= 0.3 is 0 Å². The van der Waals surface area contributed by atoms with Crippen LogP contribution in [0.15, 0.2) is 97.1 Å². The Bertz CT molecular complexity index is 1080. The van der Waals surface area contributed by atoms with Crippen LogP contribution in [0.3, 0.4) is 0 Å². The van der Waals surface area contributed by atoms with Gasteiger partial charge in [0.2, 0.25) is 5.91 Å². The fraction of sp³-hybridized carbons (Fsp3) is 0.115. The fourth-order valence-electron chi connectivity index (χ4n) is 3.59. The van der Waals surface area contributed by atoms with Crippen LogP contribution in [0.1, 0.15) is 24.1 Å². The van der Waals surface area contributed by atoms with Gasteiger partial charge in [-0.1, -0.05) is 97.1 Å². The molecule has 2 heteroatoms. The van der Waals surface area contributed by atoms with Crippen LogP contribution in [0.4, 0.5) is 0 Å². The highest BCUT2D eigenvalue weighted by Crippen LogP contribution is 2.22. The maximum Gasteiger partial charge on any atom is 0.224 e. The summed E-state index contributed by atoms with van der Waals surface area (Å²) in [4.78, 5) is 12.6. The SMILES string of the molecule is C[C@@H](NC(=O)Cc1cccc2ccccc12)c1ccc(-c2ccccc2)cc1. The smallest absolute Gasteiger partial charge is 0.224 e. The summed E-state index contributed by atoms with van der Waals surface area (Å²) in [7, 11) is 0. The van der Waals surface area contributed by atoms with Gasteiger partial charge in [-0.25, -0.2) is 0 Å². The van der Waals surface area contributed by atoms with Crippen molar-refractivity contribution in [1.82, 2.24) is 5.32 Å². The summed E-state index contributed by atoms with van der Waals surface area (Å²) in [6, 6.07) is 33.0. The van der Waals surface area contributed by atoms with Gasteiger partial charge in [0.1, 0.15) is 0 Å². The van der Waals surface area contributed by atoms with Gasteiger partial charge in [-0.05, 0) is 39.9 Å². The second-order valence-electron chi connectivity index (χ2n) is 7.09. The molecule has 0 aliphatic heterocycles. The summed E-state index contributed by atoms with van der Waals surface area (Å²) >= 11 is 0. The average molecular weight is 365 g/mol. The zero-order valence-corrected chi connectivity index (χ0v) is 15.9. The molecule has 4 aromatic rings. The first-order chi connectivity index (χ1) is 13.7. The van der Waals surface area contributed by atoms with Crippen molar-refractivity contribution in [3.63, 3.8) is 0 Å². The van der Waals surface area contributed by atoms with Gasteiger partial charge in [0.05, 0.1) is 12.5 Å². The van der Waals surface area contributed by atoms with Crippen LogP contribution in [-0.2, 0) is 11.2 Å². The maximum absolute atomic E-state index is 12.6. The molecule has 0 aromatic heterocycles. The first-order valence-corrected chi connectivity index (χ1v) is 9.62. The van der Waals surface area contributed by atoms with Crippen LogP contribution in [0, 0.1) is 0 Å². The Labute approximate surface area is 165 Å². The predicted molar refractivity (Wildman–Crippen MR) is 116 cm³/mol. The van der Waals surface area contributed by atoms with Gasteiger partial charge in [0.25, 0.3) is 0 Å². The number of hydrogen-bond acceptors (Lipinski definition) is 1. The van der Waals surface area contributed by atoms with Crippen LogP contribution < -0.4 is 5.32 Å². The monoisotopic (exact) mass is 365 g/mol. The standard InChI is InChI=1S/C26H23NO/c1-19(20-14-16-22(17-15-20)21-8-3-2-4-9-21)27-26(28)18-24-12-7-11-23-10-5-6-13-25(23)24/h2-17,19H,18H2,1H3,(H,27,28)/t19-/m1/s1. The molecule has 0 aliphatic carbocycles. The molecule has 0 saturated carbocycles. The van der Waals surface area contributed by atoms with Crippen LogP contribution in [0.5, 0.6) is 0 Å². The number of carbonyl (C=O) groups excluding carboxylic acids is 1. The number of fused-ring (bicyclic) bond motifs is 1. The van der Waals surface area contributed by atoms with E-state index in [0.717, 1.165) is 21.9 Å². The van der Waals surface area contributed by atoms with Crippen LogP contribution in [-0.4, -0.2) is 5.91 Å². The molecule has 0 bridgehead atoms. The highest BCUT2D eigenvalue weighted by Gasteiger charge is 2.12. The van der Waals surface area contributed by atoms with Crippen molar-refractivity contribution < 1.29 is 4.79 Å². The van der Waals surface area contributed by atoms with Crippen LogP contribution in [0.25, 0.3) is 21.9 Å². The molecule has 0 radical (unpaired) electrons. The molecule has 2 nitrogen and oxygen atoms in total. The number of nitrogens with one attached hydrogen (secondary N) is 1. The van der Waals surface area contributed by atoms with E-state index in [1.807, 2.05) is 49.4 Å². The highest BCUT2D eigenvalue weighted by atomic mass is 16.1.